The highest BCUT2D eigenvalue weighted by Crippen LogP contribution is 2.31. The number of anilines is 2. The summed E-state index contributed by atoms with van der Waals surface area (Å²) < 4.78 is 5.17. The van der Waals surface area contributed by atoms with Crippen molar-refractivity contribution < 1.29 is 9.21 Å². The van der Waals surface area contributed by atoms with Crippen LogP contribution in [0.15, 0.2) is 28.7 Å². The van der Waals surface area contributed by atoms with E-state index in [-0.39, 0.29) is 17.8 Å². The van der Waals surface area contributed by atoms with Crippen molar-refractivity contribution in [2.75, 3.05) is 17.2 Å². The number of carbonyl (C=O) groups excluding carboxylic acids is 1. The zero-order chi connectivity index (χ0) is 13.4. The van der Waals surface area contributed by atoms with Gasteiger partial charge in [0.2, 0.25) is 11.8 Å². The number of hydrogen-bond acceptors (Lipinski definition) is 5. The van der Waals surface area contributed by atoms with E-state index < -0.39 is 0 Å². The van der Waals surface area contributed by atoms with Gasteiger partial charge >= 0.3 is 6.01 Å². The summed E-state index contributed by atoms with van der Waals surface area (Å²) in [5.41, 5.74) is 6.20. The van der Waals surface area contributed by atoms with E-state index in [4.69, 9.17) is 21.8 Å². The van der Waals surface area contributed by atoms with Crippen LogP contribution < -0.4 is 10.6 Å². The third-order valence-electron chi connectivity index (χ3n) is 3.07. The standard InChI is InChI=1S/C12H11ClN4O2/c13-8-1-3-9(4-2-8)17-6-7(5-10(17)18)11-15-16-12(14)19-11/h1-4,7H,5-6H2,(H2,14,16). The summed E-state index contributed by atoms with van der Waals surface area (Å²) in [5, 5.41) is 8.08. The van der Waals surface area contributed by atoms with Crippen molar-refractivity contribution in [3.05, 3.63) is 35.2 Å². The van der Waals surface area contributed by atoms with Crippen LogP contribution >= 0.6 is 11.6 Å². The largest absolute Gasteiger partial charge is 0.408 e. The quantitative estimate of drug-likeness (QED) is 0.906. The molecule has 1 saturated heterocycles. The summed E-state index contributed by atoms with van der Waals surface area (Å²) in [7, 11) is 0. The lowest BCUT2D eigenvalue weighted by atomic mass is 10.1. The van der Waals surface area contributed by atoms with Gasteiger partial charge in [0, 0.05) is 23.7 Å². The molecule has 0 radical (unpaired) electrons. The Labute approximate surface area is 114 Å². The number of rotatable bonds is 2. The maximum absolute atomic E-state index is 12.0. The van der Waals surface area contributed by atoms with E-state index in [0.29, 0.717) is 23.9 Å². The number of nitrogen functional groups attached to an aromatic ring is 1. The van der Waals surface area contributed by atoms with Crippen LogP contribution in [0.25, 0.3) is 0 Å². The molecule has 7 heteroatoms. The van der Waals surface area contributed by atoms with Crippen LogP contribution in [0, 0.1) is 0 Å². The highest BCUT2D eigenvalue weighted by molar-refractivity contribution is 6.30. The van der Waals surface area contributed by atoms with Gasteiger partial charge < -0.3 is 15.1 Å². The number of hydrogen-bond donors (Lipinski definition) is 1. The number of carbonyl (C=O) groups is 1. The van der Waals surface area contributed by atoms with Gasteiger partial charge in [0.15, 0.2) is 0 Å². The third kappa shape index (κ3) is 2.26. The second kappa shape index (κ2) is 4.55. The summed E-state index contributed by atoms with van der Waals surface area (Å²) in [6.07, 6.45) is 0.338. The van der Waals surface area contributed by atoms with Crippen LogP contribution in [0.3, 0.4) is 0 Å². The van der Waals surface area contributed by atoms with Gasteiger partial charge in [0.05, 0.1) is 5.92 Å². The van der Waals surface area contributed by atoms with E-state index in [2.05, 4.69) is 10.2 Å². The Morgan fingerprint density at radius 3 is 2.68 bits per heavy atom. The molecule has 0 saturated carbocycles. The smallest absolute Gasteiger partial charge is 0.312 e. The van der Waals surface area contributed by atoms with Crippen LogP contribution in [0.2, 0.25) is 5.02 Å². The molecule has 2 heterocycles. The van der Waals surface area contributed by atoms with Crippen LogP contribution in [-0.4, -0.2) is 22.6 Å². The second-order valence-corrected chi connectivity index (χ2v) is 4.80. The van der Waals surface area contributed by atoms with Crippen molar-refractivity contribution in [3.8, 4) is 0 Å². The van der Waals surface area contributed by atoms with E-state index in [0.717, 1.165) is 5.69 Å². The van der Waals surface area contributed by atoms with Crippen molar-refractivity contribution >= 4 is 29.2 Å². The molecular formula is C12H11ClN4O2. The van der Waals surface area contributed by atoms with Crippen molar-refractivity contribution in [1.82, 2.24) is 10.2 Å². The third-order valence-corrected chi connectivity index (χ3v) is 3.32. The predicted molar refractivity (Wildman–Crippen MR) is 69.9 cm³/mol. The first-order chi connectivity index (χ1) is 9.13. The predicted octanol–water partition coefficient (Wildman–Crippen LogP) is 1.83. The summed E-state index contributed by atoms with van der Waals surface area (Å²) in [5.74, 6) is 0.305. The lowest BCUT2D eigenvalue weighted by molar-refractivity contribution is -0.117. The molecule has 6 nitrogen and oxygen atoms in total. The Bertz CT molecular complexity index is 610. The van der Waals surface area contributed by atoms with Crippen LogP contribution in [0.4, 0.5) is 11.7 Å². The van der Waals surface area contributed by atoms with E-state index >= 15 is 0 Å². The van der Waals surface area contributed by atoms with Crippen molar-refractivity contribution in [3.63, 3.8) is 0 Å². The van der Waals surface area contributed by atoms with E-state index in [1.54, 1.807) is 17.0 Å². The van der Waals surface area contributed by atoms with Crippen molar-refractivity contribution in [2.45, 2.75) is 12.3 Å². The molecule has 0 spiro atoms. The highest BCUT2D eigenvalue weighted by Gasteiger charge is 2.34. The lowest BCUT2D eigenvalue weighted by Gasteiger charge is -2.15. The molecule has 1 aromatic heterocycles. The van der Waals surface area contributed by atoms with Crippen LogP contribution in [0.1, 0.15) is 18.2 Å². The van der Waals surface area contributed by atoms with Gasteiger partial charge in [-0.2, -0.15) is 0 Å². The van der Waals surface area contributed by atoms with Gasteiger partial charge in [-0.1, -0.05) is 16.7 Å². The van der Waals surface area contributed by atoms with Crippen molar-refractivity contribution in [2.24, 2.45) is 0 Å². The molecule has 98 valence electrons. The molecule has 1 aliphatic heterocycles. The Hall–Kier alpha value is -2.08. The first kappa shape index (κ1) is 12.0. The van der Waals surface area contributed by atoms with E-state index in [1.807, 2.05) is 12.1 Å². The fraction of sp³-hybridized carbons (Fsp3) is 0.250. The number of nitrogens with zero attached hydrogens (tertiary/aromatic N) is 3. The number of benzene rings is 1. The van der Waals surface area contributed by atoms with E-state index in [9.17, 15) is 4.79 Å². The maximum Gasteiger partial charge on any atom is 0.312 e. The molecular weight excluding hydrogens is 268 g/mol. The number of halogens is 1. The SMILES string of the molecule is Nc1nnc(C2CC(=O)N(c3ccc(Cl)cc3)C2)o1. The molecule has 19 heavy (non-hydrogen) atoms. The highest BCUT2D eigenvalue weighted by atomic mass is 35.5. The van der Waals surface area contributed by atoms with Crippen molar-refractivity contribution in [1.29, 1.82) is 0 Å². The fourth-order valence-corrected chi connectivity index (χ4v) is 2.28. The van der Waals surface area contributed by atoms with Crippen LogP contribution in [-0.2, 0) is 4.79 Å². The minimum Gasteiger partial charge on any atom is -0.408 e. The van der Waals surface area contributed by atoms with Crippen LogP contribution in [0.5, 0.6) is 0 Å². The summed E-state index contributed by atoms with van der Waals surface area (Å²) in [6.45, 7) is 0.502. The number of amides is 1. The van der Waals surface area contributed by atoms with Gasteiger partial charge in [-0.15, -0.1) is 5.10 Å². The molecule has 2 N–H and O–H groups in total. The van der Waals surface area contributed by atoms with Gasteiger partial charge in [-0.25, -0.2) is 0 Å². The second-order valence-electron chi connectivity index (χ2n) is 4.36. The summed E-state index contributed by atoms with van der Waals surface area (Å²) >= 11 is 5.83. The first-order valence-corrected chi connectivity index (χ1v) is 6.16. The number of nitrogens with two attached hydrogens (primary N) is 1. The summed E-state index contributed by atoms with van der Waals surface area (Å²) in [6, 6.07) is 7.15. The molecule has 1 fully saturated rings. The summed E-state index contributed by atoms with van der Waals surface area (Å²) in [4.78, 5) is 13.7. The Kier molecular flexibility index (Phi) is 2.87. The molecule has 3 rings (SSSR count). The Morgan fingerprint density at radius 2 is 2.05 bits per heavy atom. The molecule has 0 bridgehead atoms. The Morgan fingerprint density at radius 1 is 1.32 bits per heavy atom. The first-order valence-electron chi connectivity index (χ1n) is 5.78. The fourth-order valence-electron chi connectivity index (χ4n) is 2.16. The topological polar surface area (TPSA) is 85.2 Å². The van der Waals surface area contributed by atoms with E-state index in [1.165, 1.54) is 0 Å². The normalized spacial score (nSPS) is 19.1. The molecule has 1 aliphatic rings. The van der Waals surface area contributed by atoms with Gasteiger partial charge in [-0.3, -0.25) is 4.79 Å². The van der Waals surface area contributed by atoms with Gasteiger partial charge in [-0.05, 0) is 24.3 Å². The molecule has 0 aliphatic carbocycles. The molecule has 2 aromatic rings. The monoisotopic (exact) mass is 278 g/mol. The zero-order valence-corrected chi connectivity index (χ0v) is 10.7. The average molecular weight is 279 g/mol. The minimum atomic E-state index is -0.118. The zero-order valence-electron chi connectivity index (χ0n) is 9.91. The lowest BCUT2D eigenvalue weighted by Crippen LogP contribution is -2.24. The number of aromatic nitrogens is 2. The molecule has 1 aromatic carbocycles. The van der Waals surface area contributed by atoms with Gasteiger partial charge in [0.25, 0.3) is 0 Å². The average Bonchev–Trinajstić information content (AvgIpc) is 2.97. The Balaban J connectivity index is 1.82. The molecule has 1 amide bonds. The van der Waals surface area contributed by atoms with Gasteiger partial charge in [0.1, 0.15) is 0 Å². The molecule has 1 unspecified atom stereocenters. The molecule has 1 atom stereocenters. The minimum absolute atomic E-state index is 0.0177. The maximum atomic E-state index is 12.0.